The van der Waals surface area contributed by atoms with Crippen molar-refractivity contribution in [3.05, 3.63) is 17.7 Å². The minimum atomic E-state index is 0.0992. The first-order valence-electron chi connectivity index (χ1n) is 8.47. The molecule has 3 heteroatoms. The molecule has 0 unspecified atom stereocenters. The molecule has 0 spiro atoms. The summed E-state index contributed by atoms with van der Waals surface area (Å²) in [6.07, 6.45) is 4.78. The zero-order valence-electron chi connectivity index (χ0n) is 14.5. The summed E-state index contributed by atoms with van der Waals surface area (Å²) in [5.74, 6) is 3.69. The third-order valence-corrected chi connectivity index (χ3v) is 6.25. The predicted octanol–water partition coefficient (Wildman–Crippen LogP) is 3.87. The molecular weight excluding hydrogens is 258 g/mol. The zero-order valence-corrected chi connectivity index (χ0v) is 14.5. The molecule has 3 saturated carbocycles. The van der Waals surface area contributed by atoms with Gasteiger partial charge < -0.3 is 10.3 Å². The van der Waals surface area contributed by atoms with Crippen LogP contribution in [0.25, 0.3) is 0 Å². The number of hydrogen-bond donors (Lipinski definition) is 2. The van der Waals surface area contributed by atoms with Gasteiger partial charge in [0.15, 0.2) is 0 Å². The fourth-order valence-electron chi connectivity index (χ4n) is 4.49. The number of rotatable bonds is 3. The van der Waals surface area contributed by atoms with E-state index in [1.54, 1.807) is 0 Å². The second-order valence-corrected chi connectivity index (χ2v) is 8.95. The highest BCUT2D eigenvalue weighted by molar-refractivity contribution is 5.10. The van der Waals surface area contributed by atoms with Gasteiger partial charge >= 0.3 is 0 Å². The molecule has 3 fully saturated rings. The summed E-state index contributed by atoms with van der Waals surface area (Å²) in [7, 11) is 0. The van der Waals surface area contributed by atoms with Crippen LogP contribution in [-0.4, -0.2) is 16.0 Å². The van der Waals surface area contributed by atoms with Crippen molar-refractivity contribution in [2.24, 2.45) is 23.2 Å². The minimum absolute atomic E-state index is 0.0992. The van der Waals surface area contributed by atoms with Gasteiger partial charge in [-0.25, -0.2) is 4.98 Å². The fourth-order valence-corrected chi connectivity index (χ4v) is 4.49. The number of imidazole rings is 1. The van der Waals surface area contributed by atoms with E-state index in [1.807, 2.05) is 6.20 Å². The number of hydrogen-bond acceptors (Lipinski definition) is 2. The Bertz CT molecular complexity index is 509. The van der Waals surface area contributed by atoms with Crippen molar-refractivity contribution in [2.75, 3.05) is 0 Å². The predicted molar refractivity (Wildman–Crippen MR) is 87.1 cm³/mol. The highest BCUT2D eigenvalue weighted by Gasteiger charge is 2.55. The zero-order chi connectivity index (χ0) is 15.4. The summed E-state index contributed by atoms with van der Waals surface area (Å²) in [5, 5.41) is 3.78. The lowest BCUT2D eigenvalue weighted by atomic mass is 9.45. The number of H-pyrrole nitrogens is 1. The van der Waals surface area contributed by atoms with Gasteiger partial charge in [0.25, 0.3) is 0 Å². The molecule has 0 aromatic carbocycles. The lowest BCUT2D eigenvalue weighted by Crippen LogP contribution is -2.59. The first-order valence-corrected chi connectivity index (χ1v) is 8.47. The summed E-state index contributed by atoms with van der Waals surface area (Å²) in [6, 6.07) is 0.670. The van der Waals surface area contributed by atoms with E-state index in [0.717, 1.165) is 30.1 Å². The Kier molecular flexibility index (Phi) is 3.47. The largest absolute Gasteiger partial charge is 0.344 e. The molecule has 2 bridgehead atoms. The third-order valence-electron chi connectivity index (χ3n) is 6.25. The summed E-state index contributed by atoms with van der Waals surface area (Å²) >= 11 is 0. The Morgan fingerprint density at radius 3 is 2.57 bits per heavy atom. The van der Waals surface area contributed by atoms with E-state index < -0.39 is 0 Å². The maximum Gasteiger partial charge on any atom is 0.111 e. The first-order chi connectivity index (χ1) is 9.69. The molecule has 4 atom stereocenters. The van der Waals surface area contributed by atoms with E-state index in [1.165, 1.54) is 18.5 Å². The molecule has 1 aromatic heterocycles. The van der Waals surface area contributed by atoms with Crippen LogP contribution >= 0.6 is 0 Å². The van der Waals surface area contributed by atoms with E-state index in [9.17, 15) is 0 Å². The Labute approximate surface area is 129 Å². The van der Waals surface area contributed by atoms with Crippen LogP contribution in [-0.2, 0) is 12.0 Å². The van der Waals surface area contributed by atoms with Crippen molar-refractivity contribution in [2.45, 2.75) is 72.4 Å². The molecular formula is C18H31N3. The lowest BCUT2D eigenvalue weighted by Gasteiger charge is -2.62. The maximum absolute atomic E-state index is 4.52. The van der Waals surface area contributed by atoms with Gasteiger partial charge in [0.1, 0.15) is 5.82 Å². The van der Waals surface area contributed by atoms with Gasteiger partial charge in [0.05, 0.1) is 0 Å². The molecule has 4 rings (SSSR count). The second kappa shape index (κ2) is 4.84. The second-order valence-electron chi connectivity index (χ2n) is 8.95. The highest BCUT2D eigenvalue weighted by atomic mass is 15.0. The number of aromatic amines is 1. The molecule has 0 amide bonds. The average molecular weight is 289 g/mol. The van der Waals surface area contributed by atoms with Crippen molar-refractivity contribution in [1.29, 1.82) is 0 Å². The van der Waals surface area contributed by atoms with Crippen molar-refractivity contribution in [3.8, 4) is 0 Å². The molecule has 3 nitrogen and oxygen atoms in total. The van der Waals surface area contributed by atoms with Gasteiger partial charge in [-0.3, -0.25) is 0 Å². The van der Waals surface area contributed by atoms with Crippen LogP contribution in [0.2, 0.25) is 0 Å². The van der Waals surface area contributed by atoms with Gasteiger partial charge in [0, 0.05) is 29.9 Å². The van der Waals surface area contributed by atoms with Crippen molar-refractivity contribution in [3.63, 3.8) is 0 Å². The molecule has 0 aliphatic heterocycles. The van der Waals surface area contributed by atoms with Crippen LogP contribution in [0.5, 0.6) is 0 Å². The SMILES string of the molecule is C[C@@H]1[C@H]2C[C@@H](C[C@H]1NCc1cnc(C(C)(C)C)[nH]1)C2(C)C. The molecule has 0 radical (unpaired) electrons. The van der Waals surface area contributed by atoms with Crippen LogP contribution < -0.4 is 5.32 Å². The molecule has 21 heavy (non-hydrogen) atoms. The van der Waals surface area contributed by atoms with E-state index in [4.69, 9.17) is 0 Å². The van der Waals surface area contributed by atoms with Crippen molar-refractivity contribution < 1.29 is 0 Å². The van der Waals surface area contributed by atoms with E-state index >= 15 is 0 Å². The Morgan fingerprint density at radius 2 is 2.05 bits per heavy atom. The standard InChI is InChI=1S/C18H31N3/c1-11-14-7-12(18(14,5)6)8-15(11)19-9-13-10-20-16(21-13)17(2,3)4/h10-12,14-15,19H,7-9H2,1-6H3,(H,20,21)/t11-,12+,14-,15-/m1/s1. The van der Waals surface area contributed by atoms with Crippen LogP contribution in [0.3, 0.4) is 0 Å². The highest BCUT2D eigenvalue weighted by Crippen LogP contribution is 2.61. The Morgan fingerprint density at radius 1 is 1.33 bits per heavy atom. The minimum Gasteiger partial charge on any atom is -0.344 e. The normalized spacial score (nSPS) is 34.6. The average Bonchev–Trinajstić information content (AvgIpc) is 2.85. The molecule has 1 heterocycles. The van der Waals surface area contributed by atoms with E-state index in [0.29, 0.717) is 11.5 Å². The van der Waals surface area contributed by atoms with Crippen molar-refractivity contribution >= 4 is 0 Å². The number of aromatic nitrogens is 2. The summed E-state index contributed by atoms with van der Waals surface area (Å²) < 4.78 is 0. The van der Waals surface area contributed by atoms with Crippen LogP contribution in [0.1, 0.15) is 65.9 Å². The van der Waals surface area contributed by atoms with E-state index in [-0.39, 0.29) is 5.41 Å². The van der Waals surface area contributed by atoms with Crippen LogP contribution in [0.15, 0.2) is 6.20 Å². The summed E-state index contributed by atoms with van der Waals surface area (Å²) in [4.78, 5) is 7.99. The van der Waals surface area contributed by atoms with Crippen LogP contribution in [0, 0.1) is 23.2 Å². The van der Waals surface area contributed by atoms with Gasteiger partial charge in [-0.05, 0) is 36.0 Å². The summed E-state index contributed by atoms with van der Waals surface area (Å²) in [6.45, 7) is 14.9. The Hall–Kier alpha value is -0.830. The number of fused-ring (bicyclic) bond motifs is 2. The third kappa shape index (κ3) is 2.54. The summed E-state index contributed by atoms with van der Waals surface area (Å²) in [5.41, 5.74) is 1.89. The molecule has 1 aromatic rings. The molecule has 118 valence electrons. The van der Waals surface area contributed by atoms with Crippen LogP contribution in [0.4, 0.5) is 0 Å². The van der Waals surface area contributed by atoms with Crippen molar-refractivity contribution in [1.82, 2.24) is 15.3 Å². The maximum atomic E-state index is 4.52. The topological polar surface area (TPSA) is 40.7 Å². The Balaban J connectivity index is 1.58. The molecule has 3 aliphatic carbocycles. The van der Waals surface area contributed by atoms with E-state index in [2.05, 4.69) is 56.8 Å². The molecule has 3 aliphatic rings. The van der Waals surface area contributed by atoms with Gasteiger partial charge in [-0.15, -0.1) is 0 Å². The number of nitrogens with one attached hydrogen (secondary N) is 2. The van der Waals surface area contributed by atoms with Gasteiger partial charge in [-0.2, -0.15) is 0 Å². The van der Waals surface area contributed by atoms with Gasteiger partial charge in [-0.1, -0.05) is 41.5 Å². The smallest absolute Gasteiger partial charge is 0.111 e. The quantitative estimate of drug-likeness (QED) is 0.887. The number of nitrogens with zero attached hydrogens (tertiary/aromatic N) is 1. The lowest BCUT2D eigenvalue weighted by molar-refractivity contribution is -0.115. The molecule has 2 N–H and O–H groups in total. The molecule has 0 saturated heterocycles. The first kappa shape index (κ1) is 15.1. The fraction of sp³-hybridized carbons (Fsp3) is 0.833. The monoisotopic (exact) mass is 289 g/mol. The van der Waals surface area contributed by atoms with Gasteiger partial charge in [0.2, 0.25) is 0 Å².